The Bertz CT molecular complexity index is 1500. The smallest absolute Gasteiger partial charge is 0.336 e. The Morgan fingerprint density at radius 2 is 0.784 bits per heavy atom. The first-order chi connectivity index (χ1) is 17.4. The van der Waals surface area contributed by atoms with Gasteiger partial charge in [0.05, 0.1) is 32.0 Å². The first-order valence-electron chi connectivity index (χ1n) is 10.3. The van der Waals surface area contributed by atoms with Crippen LogP contribution in [-0.2, 0) is 9.84 Å². The summed E-state index contributed by atoms with van der Waals surface area (Å²) in [5.74, 6) is -4.42. The molecule has 0 spiro atoms. The standard InChI is InChI=1S/C14H10O6S.C12H8O4/c15-13(16)9-1-5-11(6-2-9)21(19,20)12-7-3-10(4-8-12)14(17)18;13-11(14)9-5-1-3-7-8(9)4-2-6-10(7)12(15)16/h1-8H,(H,15,16)(H,17,18);1-6H,(H,13,14)(H,15,16). The normalized spacial score (nSPS) is 10.7. The summed E-state index contributed by atoms with van der Waals surface area (Å²) in [7, 11) is -3.81. The van der Waals surface area contributed by atoms with Crippen molar-refractivity contribution in [2.75, 3.05) is 0 Å². The van der Waals surface area contributed by atoms with Crippen LogP contribution in [0.5, 0.6) is 0 Å². The number of sulfone groups is 1. The van der Waals surface area contributed by atoms with Gasteiger partial charge in [-0.25, -0.2) is 27.6 Å². The molecule has 4 rings (SSSR count). The molecule has 0 radical (unpaired) electrons. The second-order valence-corrected chi connectivity index (χ2v) is 9.43. The number of carbonyl (C=O) groups is 4. The number of carboxylic acid groups (broad SMARTS) is 4. The SMILES string of the molecule is O=C(O)c1ccc(S(=O)(=O)c2ccc(C(=O)O)cc2)cc1.O=C(O)c1cccc2c(C(=O)O)cccc12. The average molecular weight is 522 g/mol. The monoisotopic (exact) mass is 522 g/mol. The molecule has 0 aromatic heterocycles. The maximum Gasteiger partial charge on any atom is 0.336 e. The van der Waals surface area contributed by atoms with Gasteiger partial charge in [0, 0.05) is 0 Å². The minimum absolute atomic E-state index is 0.0184. The van der Waals surface area contributed by atoms with Gasteiger partial charge in [0.1, 0.15) is 0 Å². The summed E-state index contributed by atoms with van der Waals surface area (Å²) in [6.45, 7) is 0. The van der Waals surface area contributed by atoms with Crippen LogP contribution in [0.4, 0.5) is 0 Å². The van der Waals surface area contributed by atoms with Gasteiger partial charge in [-0.2, -0.15) is 0 Å². The van der Waals surface area contributed by atoms with Gasteiger partial charge < -0.3 is 20.4 Å². The highest BCUT2D eigenvalue weighted by molar-refractivity contribution is 7.91. The van der Waals surface area contributed by atoms with Crippen LogP contribution in [0.2, 0.25) is 0 Å². The van der Waals surface area contributed by atoms with Gasteiger partial charge in [-0.15, -0.1) is 0 Å². The minimum atomic E-state index is -3.81. The van der Waals surface area contributed by atoms with E-state index in [1.165, 1.54) is 72.8 Å². The highest BCUT2D eigenvalue weighted by Gasteiger charge is 2.18. The Morgan fingerprint density at radius 3 is 1.05 bits per heavy atom. The molecule has 4 N–H and O–H groups in total. The number of hydrogen-bond donors (Lipinski definition) is 4. The molecule has 0 atom stereocenters. The van der Waals surface area contributed by atoms with E-state index in [0.717, 1.165) is 0 Å². The first kappa shape index (κ1) is 26.6. The van der Waals surface area contributed by atoms with Crippen LogP contribution in [0.1, 0.15) is 41.4 Å². The third kappa shape index (κ3) is 5.80. The Kier molecular flexibility index (Phi) is 7.69. The average Bonchev–Trinajstić information content (AvgIpc) is 2.88. The van der Waals surface area contributed by atoms with E-state index in [1.54, 1.807) is 12.1 Å². The van der Waals surface area contributed by atoms with Crippen molar-refractivity contribution in [1.29, 1.82) is 0 Å². The lowest BCUT2D eigenvalue weighted by Gasteiger charge is -2.05. The maximum atomic E-state index is 12.3. The highest BCUT2D eigenvalue weighted by atomic mass is 32.2. The fourth-order valence-electron chi connectivity index (χ4n) is 3.37. The summed E-state index contributed by atoms with van der Waals surface area (Å²) < 4.78 is 24.6. The molecule has 0 bridgehead atoms. The van der Waals surface area contributed by atoms with E-state index in [-0.39, 0.29) is 32.0 Å². The summed E-state index contributed by atoms with van der Waals surface area (Å²) in [5, 5.41) is 36.4. The van der Waals surface area contributed by atoms with Gasteiger partial charge in [-0.1, -0.05) is 24.3 Å². The van der Waals surface area contributed by atoms with Crippen molar-refractivity contribution < 1.29 is 48.0 Å². The largest absolute Gasteiger partial charge is 0.478 e. The number of aromatic carboxylic acids is 4. The topological polar surface area (TPSA) is 183 Å². The molecule has 188 valence electrons. The molecule has 0 saturated heterocycles. The van der Waals surface area contributed by atoms with E-state index in [4.69, 9.17) is 20.4 Å². The van der Waals surface area contributed by atoms with Crippen LogP contribution in [0.3, 0.4) is 0 Å². The zero-order chi connectivity index (χ0) is 27.3. The summed E-state index contributed by atoms with van der Waals surface area (Å²) in [5.41, 5.74) is 0.187. The molecule has 0 aliphatic rings. The number of carboxylic acids is 4. The van der Waals surface area contributed by atoms with Gasteiger partial charge in [-0.3, -0.25) is 0 Å². The van der Waals surface area contributed by atoms with Crippen molar-refractivity contribution in [3.8, 4) is 0 Å². The van der Waals surface area contributed by atoms with Crippen LogP contribution >= 0.6 is 0 Å². The van der Waals surface area contributed by atoms with Crippen LogP contribution < -0.4 is 0 Å². The summed E-state index contributed by atoms with van der Waals surface area (Å²) in [6, 6.07) is 18.8. The lowest BCUT2D eigenvalue weighted by molar-refractivity contribution is 0.0686. The summed E-state index contributed by atoms with van der Waals surface area (Å²) >= 11 is 0. The first-order valence-corrected chi connectivity index (χ1v) is 11.8. The van der Waals surface area contributed by atoms with E-state index in [2.05, 4.69) is 0 Å². The molecule has 10 nitrogen and oxygen atoms in total. The Labute approximate surface area is 209 Å². The van der Waals surface area contributed by atoms with Crippen molar-refractivity contribution in [2.45, 2.75) is 9.79 Å². The zero-order valence-electron chi connectivity index (χ0n) is 18.7. The fourth-order valence-corrected chi connectivity index (χ4v) is 4.63. The van der Waals surface area contributed by atoms with Gasteiger partial charge in [0.2, 0.25) is 9.84 Å². The Balaban J connectivity index is 0.000000213. The van der Waals surface area contributed by atoms with Gasteiger partial charge in [-0.05, 0) is 71.4 Å². The van der Waals surface area contributed by atoms with Crippen molar-refractivity contribution >= 4 is 44.5 Å². The molecule has 0 saturated carbocycles. The maximum absolute atomic E-state index is 12.3. The highest BCUT2D eigenvalue weighted by Crippen LogP contribution is 2.23. The van der Waals surface area contributed by atoms with E-state index in [0.29, 0.717) is 10.8 Å². The van der Waals surface area contributed by atoms with E-state index < -0.39 is 33.7 Å². The quantitative estimate of drug-likeness (QED) is 0.287. The van der Waals surface area contributed by atoms with Crippen LogP contribution in [-0.4, -0.2) is 52.7 Å². The second kappa shape index (κ2) is 10.7. The number of rotatable bonds is 6. The predicted molar refractivity (Wildman–Crippen MR) is 130 cm³/mol. The number of fused-ring (bicyclic) bond motifs is 1. The predicted octanol–water partition coefficient (Wildman–Crippen LogP) is 4.15. The lowest BCUT2D eigenvalue weighted by Crippen LogP contribution is -2.04. The molecule has 0 heterocycles. The minimum Gasteiger partial charge on any atom is -0.478 e. The van der Waals surface area contributed by atoms with Crippen LogP contribution in [0, 0.1) is 0 Å². The van der Waals surface area contributed by atoms with Gasteiger partial charge in [0.25, 0.3) is 0 Å². The van der Waals surface area contributed by atoms with Crippen molar-refractivity contribution in [1.82, 2.24) is 0 Å². The molecule has 0 amide bonds. The van der Waals surface area contributed by atoms with Crippen molar-refractivity contribution in [3.63, 3.8) is 0 Å². The van der Waals surface area contributed by atoms with Gasteiger partial charge in [0.15, 0.2) is 0 Å². The molecule has 0 unspecified atom stereocenters. The van der Waals surface area contributed by atoms with E-state index >= 15 is 0 Å². The number of hydrogen-bond acceptors (Lipinski definition) is 6. The second-order valence-electron chi connectivity index (χ2n) is 7.48. The summed E-state index contributed by atoms with van der Waals surface area (Å²) in [6.07, 6.45) is 0. The molecule has 11 heteroatoms. The van der Waals surface area contributed by atoms with Gasteiger partial charge >= 0.3 is 23.9 Å². The third-order valence-electron chi connectivity index (χ3n) is 5.21. The number of benzene rings is 4. The molecule has 0 aliphatic carbocycles. The van der Waals surface area contributed by atoms with Crippen molar-refractivity contribution in [3.05, 3.63) is 107 Å². The molecular formula is C26H18O10S. The third-order valence-corrected chi connectivity index (χ3v) is 6.99. The molecular weight excluding hydrogens is 504 g/mol. The molecule has 0 aliphatic heterocycles. The van der Waals surface area contributed by atoms with Crippen molar-refractivity contribution in [2.24, 2.45) is 0 Å². The van der Waals surface area contributed by atoms with Crippen LogP contribution in [0.25, 0.3) is 10.8 Å². The van der Waals surface area contributed by atoms with E-state index in [9.17, 15) is 27.6 Å². The Morgan fingerprint density at radius 1 is 0.459 bits per heavy atom. The van der Waals surface area contributed by atoms with Crippen LogP contribution in [0.15, 0.2) is 94.7 Å². The molecule has 37 heavy (non-hydrogen) atoms. The lowest BCUT2D eigenvalue weighted by atomic mass is 10.0. The molecule has 4 aromatic rings. The zero-order valence-corrected chi connectivity index (χ0v) is 19.5. The Hall–Kier alpha value is -5.03. The molecule has 0 fully saturated rings. The molecule has 4 aromatic carbocycles. The fraction of sp³-hybridized carbons (Fsp3) is 0. The summed E-state index contributed by atoms with van der Waals surface area (Å²) in [4.78, 5) is 43.2. The van der Waals surface area contributed by atoms with E-state index in [1.807, 2.05) is 0 Å².